The summed E-state index contributed by atoms with van der Waals surface area (Å²) in [6.45, 7) is 68.3. The fraction of sp³-hybridized carbons (Fsp3) is 0.682. The number of hydrogen-bond acceptors (Lipinski definition) is 7. The molecular weight excluding hydrogens is 1460 g/mol. The largest absolute Gasteiger partial charge is 0.381 e. The average Bonchev–Trinajstić information content (AvgIpc) is 1.69. The summed E-state index contributed by atoms with van der Waals surface area (Å²) in [5.41, 5.74) is 10.5. The van der Waals surface area contributed by atoms with E-state index >= 15 is 0 Å². The van der Waals surface area contributed by atoms with Crippen molar-refractivity contribution in [1.82, 2.24) is 19.9 Å². The molecule has 117 heavy (non-hydrogen) atoms. The topological polar surface area (TPSA) is 51.1 Å². The van der Waals surface area contributed by atoms with Gasteiger partial charge in [-0.05, 0) is 313 Å². The van der Waals surface area contributed by atoms with Crippen LogP contribution in [-0.2, 0) is 17.6 Å². The van der Waals surface area contributed by atoms with Crippen LogP contribution in [0.3, 0.4) is 0 Å². The van der Waals surface area contributed by atoms with E-state index in [9.17, 15) is 0 Å². The highest BCUT2D eigenvalue weighted by Gasteiger charge is 2.29. The first-order chi connectivity index (χ1) is 55.5. The van der Waals surface area contributed by atoms with Gasteiger partial charge in [-0.15, -0.1) is 11.3 Å². The summed E-state index contributed by atoms with van der Waals surface area (Å²) in [5.74, 6) is 17.2. The second-order valence-corrected chi connectivity index (χ2v) is 42.0. The molecule has 0 radical (unpaired) electrons. The first-order valence-corrected chi connectivity index (χ1v) is 49.5. The number of piperidine rings is 1. The van der Waals surface area contributed by atoms with Gasteiger partial charge in [0.25, 0.3) is 0 Å². The van der Waals surface area contributed by atoms with E-state index in [1.54, 1.807) is 28.7 Å². The Hall–Kier alpha value is -4.79. The molecule has 5 aliphatic carbocycles. The fourth-order valence-electron chi connectivity index (χ4n) is 15.7. The van der Waals surface area contributed by atoms with Crippen LogP contribution in [0.25, 0.3) is 0 Å². The average molecular weight is 1640 g/mol. The first kappa shape index (κ1) is 108. The van der Waals surface area contributed by atoms with Crippen LogP contribution in [0, 0.1) is 88.3 Å². The number of ether oxygens (including phenoxy) is 1. The van der Waals surface area contributed by atoms with Crippen LogP contribution in [0.5, 0.6) is 0 Å². The number of benzene rings is 2. The molecule has 2 aromatic carbocycles. The van der Waals surface area contributed by atoms with Crippen molar-refractivity contribution in [3.63, 3.8) is 0 Å². The summed E-state index contributed by atoms with van der Waals surface area (Å²) in [5, 5.41) is 6.44. The molecule has 6 fully saturated rings. The molecule has 0 spiro atoms. The Balaban J connectivity index is 0.000000431. The maximum atomic E-state index is 5.25. The zero-order chi connectivity index (χ0) is 87.3. The lowest BCUT2D eigenvalue weighted by Gasteiger charge is -2.36. The summed E-state index contributed by atoms with van der Waals surface area (Å²) in [4.78, 5) is 16.0. The van der Waals surface area contributed by atoms with Gasteiger partial charge in [0.15, 0.2) is 0 Å². The summed E-state index contributed by atoms with van der Waals surface area (Å²) < 4.78 is 5.25. The molecule has 4 saturated carbocycles. The Morgan fingerprint density at radius 1 is 0.342 bits per heavy atom. The van der Waals surface area contributed by atoms with Crippen molar-refractivity contribution >= 4 is 22.7 Å². The number of aromatic nitrogens is 3. The molecule has 7 heterocycles. The highest BCUT2D eigenvalue weighted by Crippen LogP contribution is 2.41. The Morgan fingerprint density at radius 3 is 1.07 bits per heavy atom. The second kappa shape index (κ2) is 63.2. The van der Waals surface area contributed by atoms with Crippen LogP contribution in [0.1, 0.15) is 395 Å². The number of nitrogens with zero attached hydrogens (tertiary/aromatic N) is 4. The maximum Gasteiger partial charge on any atom is 0.0468 e. The molecule has 5 aromatic heterocycles. The molecular formula is C110H184N4OS2. The molecule has 0 bridgehead atoms. The molecule has 7 heteroatoms. The van der Waals surface area contributed by atoms with Gasteiger partial charge in [-0.1, -0.05) is 324 Å². The molecule has 0 N–H and O–H groups in total. The van der Waals surface area contributed by atoms with E-state index in [2.05, 4.69) is 310 Å². The van der Waals surface area contributed by atoms with Crippen LogP contribution in [-0.4, -0.2) is 53.2 Å². The third-order valence-corrected chi connectivity index (χ3v) is 27.4. The molecule has 7 aliphatic rings. The minimum absolute atomic E-state index is 0.547. The lowest BCUT2D eigenvalue weighted by atomic mass is 9.70. The standard InChI is InChI=1S/C12H16.C11H22.C9H19N.C9H18.C9H12.3C8H11N.C8H16O.C8H16.2C7H10S.C6H12/c1-9(2)12-7-10-5-3-4-6-11(10)8-12;1-9(2)10-5-7-11(3,4)8-6-10;1-8(2)9-4-6-10(3)7-5-9;2*1-8(2)9-6-4-3-5-7-9;1-7(2)8-3-5-9-6-4-8;1-7(2)8-4-3-5-9-6-8;1-7(2)8-5-3-4-6-9-8;1-7(2)8-3-5-9-6-4-8;1-7(2)8-5-3-4-6-8;1-6(2)7-3-4-8-5-7;1-6(2)7-4-3-5-8-7;1-5(2)6-3-4-6/h3-6,9,12H,7-8H2,1-2H3;9-10H,5-8H2,1-4H3;8-9H,4-7H2,1-3H3;8-9H,3-7H2,1-2H3;3-8H,1-2H3;3*3-7H,1-2H3;7-8H,3-6H2,1-2H3;7-8H,3-6H2,1-2H3;2*3-6H,1-2H3;5-6H,3-4H2,1-2H3. The highest BCUT2D eigenvalue weighted by molar-refractivity contribution is 7.10. The predicted octanol–water partition coefficient (Wildman–Crippen LogP) is 34.2. The third-order valence-electron chi connectivity index (χ3n) is 25.6. The van der Waals surface area contributed by atoms with E-state index in [-0.39, 0.29) is 0 Å². The van der Waals surface area contributed by atoms with E-state index in [0.717, 1.165) is 102 Å². The number of fused-ring (bicyclic) bond motifs is 1. The normalized spacial score (nSPS) is 17.0. The Bertz CT molecular complexity index is 3030. The molecule has 0 atom stereocenters. The van der Waals surface area contributed by atoms with E-state index in [4.69, 9.17) is 4.74 Å². The first-order valence-electron chi connectivity index (χ1n) is 47.7. The monoisotopic (exact) mass is 1640 g/mol. The summed E-state index contributed by atoms with van der Waals surface area (Å²) >= 11 is 3.60. The quantitative estimate of drug-likeness (QED) is 0.115. The summed E-state index contributed by atoms with van der Waals surface area (Å²) in [7, 11) is 2.22. The van der Waals surface area contributed by atoms with Crippen molar-refractivity contribution in [2.45, 2.75) is 364 Å². The number of likely N-dealkylation sites (tertiary alicyclic amines) is 1. The highest BCUT2D eigenvalue weighted by atomic mass is 32.1. The van der Waals surface area contributed by atoms with Crippen molar-refractivity contribution in [1.29, 1.82) is 0 Å². The van der Waals surface area contributed by atoms with Gasteiger partial charge in [0.2, 0.25) is 0 Å². The Morgan fingerprint density at radius 2 is 0.761 bits per heavy atom. The van der Waals surface area contributed by atoms with Crippen LogP contribution >= 0.6 is 22.7 Å². The molecule has 662 valence electrons. The van der Waals surface area contributed by atoms with E-state index in [1.807, 2.05) is 78.6 Å². The molecule has 7 aromatic rings. The van der Waals surface area contributed by atoms with Gasteiger partial charge in [0.1, 0.15) is 0 Å². The SMILES string of the molecule is CC(C)C1CC1.CC(C)C1CCC(C)(C)CC1.CC(C)C1CCCC1.CC(C)C1CCCCC1.CC(C)C1CCN(C)CC1.CC(C)C1CCOCC1.CC(C)C1Cc2ccccc2C1.CC(C)c1ccccc1.CC(C)c1ccccn1.CC(C)c1cccnc1.CC(C)c1cccs1.CC(C)c1ccncc1.CC(C)c1ccsc1. The predicted molar refractivity (Wildman–Crippen MR) is 524 cm³/mol. The minimum atomic E-state index is 0.547. The van der Waals surface area contributed by atoms with Crippen LogP contribution in [0.15, 0.2) is 162 Å². The van der Waals surface area contributed by atoms with Crippen LogP contribution < -0.4 is 0 Å². The molecule has 2 aliphatic heterocycles. The van der Waals surface area contributed by atoms with Crippen molar-refractivity contribution in [2.24, 2.45) is 88.3 Å². The Labute approximate surface area is 734 Å². The lowest BCUT2D eigenvalue weighted by molar-refractivity contribution is 0.0523. The van der Waals surface area contributed by atoms with E-state index < -0.39 is 0 Å². The van der Waals surface area contributed by atoms with Crippen molar-refractivity contribution in [3.8, 4) is 0 Å². The van der Waals surface area contributed by atoms with Gasteiger partial charge < -0.3 is 9.64 Å². The molecule has 0 unspecified atom stereocenters. The van der Waals surface area contributed by atoms with Crippen molar-refractivity contribution in [3.05, 3.63) is 206 Å². The zero-order valence-corrected chi connectivity index (χ0v) is 83.0. The summed E-state index contributed by atoms with van der Waals surface area (Å²) in [6, 6.07) is 40.0. The zero-order valence-electron chi connectivity index (χ0n) is 81.3. The third kappa shape index (κ3) is 51.7. The van der Waals surface area contributed by atoms with Gasteiger partial charge in [-0.2, -0.15) is 11.3 Å². The smallest absolute Gasteiger partial charge is 0.0468 e. The van der Waals surface area contributed by atoms with Crippen molar-refractivity contribution in [2.75, 3.05) is 33.4 Å². The minimum Gasteiger partial charge on any atom is -0.381 e. The van der Waals surface area contributed by atoms with Gasteiger partial charge in [0.05, 0.1) is 0 Å². The van der Waals surface area contributed by atoms with Gasteiger partial charge in [-0.3, -0.25) is 15.0 Å². The molecule has 14 rings (SSSR count). The fourth-order valence-corrected chi connectivity index (χ4v) is 17.2. The molecule has 0 amide bonds. The van der Waals surface area contributed by atoms with Gasteiger partial charge >= 0.3 is 0 Å². The summed E-state index contributed by atoms with van der Waals surface area (Å²) in [6.07, 6.45) is 39.4. The van der Waals surface area contributed by atoms with E-state index in [1.165, 1.54) is 175 Å². The Kier molecular flexibility index (Phi) is 58.5. The number of rotatable bonds is 13. The van der Waals surface area contributed by atoms with Crippen molar-refractivity contribution < 1.29 is 4.74 Å². The lowest BCUT2D eigenvalue weighted by Crippen LogP contribution is -2.32. The number of pyridine rings is 3. The van der Waals surface area contributed by atoms with Crippen LogP contribution in [0.2, 0.25) is 0 Å². The number of hydrogen-bond donors (Lipinski definition) is 0. The molecule has 5 nitrogen and oxygen atoms in total. The molecule has 2 saturated heterocycles. The van der Waals surface area contributed by atoms with E-state index in [0.29, 0.717) is 40.9 Å². The van der Waals surface area contributed by atoms with Gasteiger partial charge in [-0.25, -0.2) is 0 Å². The maximum absolute atomic E-state index is 5.25. The van der Waals surface area contributed by atoms with Crippen LogP contribution in [0.4, 0.5) is 0 Å². The second-order valence-electron chi connectivity index (χ2n) is 40.2. The van der Waals surface area contributed by atoms with Gasteiger partial charge in [0, 0.05) is 54.8 Å². The number of thiophene rings is 2.